The highest BCUT2D eigenvalue weighted by Gasteiger charge is 2.15. The summed E-state index contributed by atoms with van der Waals surface area (Å²) in [5.41, 5.74) is 1.61. The van der Waals surface area contributed by atoms with Crippen LogP contribution in [0.15, 0.2) is 42.5 Å². The van der Waals surface area contributed by atoms with E-state index >= 15 is 0 Å². The fourth-order valence-corrected chi connectivity index (χ4v) is 2.34. The van der Waals surface area contributed by atoms with E-state index in [-0.39, 0.29) is 23.7 Å². The number of halogens is 1. The molecule has 2 N–H and O–H groups in total. The Morgan fingerprint density at radius 1 is 1.10 bits per heavy atom. The quantitative estimate of drug-likeness (QED) is 0.875. The first kappa shape index (κ1) is 15.3. The fourth-order valence-electron chi connectivity index (χ4n) is 2.34. The molecule has 0 spiro atoms. The van der Waals surface area contributed by atoms with Crippen LogP contribution in [-0.2, 0) is 0 Å². The van der Waals surface area contributed by atoms with E-state index in [4.69, 9.17) is 4.74 Å². The third kappa shape index (κ3) is 3.73. The summed E-state index contributed by atoms with van der Waals surface area (Å²) in [7, 11) is 1.59. The lowest BCUT2D eigenvalue weighted by Gasteiger charge is -2.22. The second-order valence-electron chi connectivity index (χ2n) is 5.09. The van der Waals surface area contributed by atoms with Crippen molar-refractivity contribution in [2.24, 2.45) is 0 Å². The second kappa shape index (κ2) is 6.59. The molecule has 21 heavy (non-hydrogen) atoms. The van der Waals surface area contributed by atoms with Gasteiger partial charge in [0.1, 0.15) is 17.3 Å². The van der Waals surface area contributed by atoms with Crippen LogP contribution in [0.4, 0.5) is 4.39 Å². The number of rotatable bonds is 5. The van der Waals surface area contributed by atoms with Crippen LogP contribution < -0.4 is 10.1 Å². The Bertz CT molecular complexity index is 615. The Labute approximate surface area is 124 Å². The highest BCUT2D eigenvalue weighted by Crippen LogP contribution is 2.30. The van der Waals surface area contributed by atoms with Crippen LogP contribution in [0.1, 0.15) is 37.1 Å². The van der Waals surface area contributed by atoms with Crippen molar-refractivity contribution in [2.45, 2.75) is 25.9 Å². The van der Waals surface area contributed by atoms with E-state index in [0.717, 1.165) is 11.1 Å². The molecule has 0 aromatic heterocycles. The molecule has 0 heterocycles. The fraction of sp³-hybridized carbons (Fsp3) is 0.294. The Hall–Kier alpha value is -2.07. The van der Waals surface area contributed by atoms with E-state index in [9.17, 15) is 9.50 Å². The molecule has 0 amide bonds. The van der Waals surface area contributed by atoms with Crippen molar-refractivity contribution in [3.63, 3.8) is 0 Å². The van der Waals surface area contributed by atoms with Gasteiger partial charge in [0.2, 0.25) is 0 Å². The monoisotopic (exact) mass is 289 g/mol. The minimum absolute atomic E-state index is 0.0405. The summed E-state index contributed by atoms with van der Waals surface area (Å²) in [4.78, 5) is 0. The summed E-state index contributed by atoms with van der Waals surface area (Å²) in [5.74, 6) is 0.648. The first-order valence-corrected chi connectivity index (χ1v) is 6.89. The number of methoxy groups -OCH3 is 1. The van der Waals surface area contributed by atoms with Gasteiger partial charge in [0, 0.05) is 17.6 Å². The zero-order chi connectivity index (χ0) is 15.4. The van der Waals surface area contributed by atoms with Gasteiger partial charge in [0.05, 0.1) is 7.11 Å². The summed E-state index contributed by atoms with van der Waals surface area (Å²) >= 11 is 0. The van der Waals surface area contributed by atoms with E-state index in [1.807, 2.05) is 19.9 Å². The normalized spacial score (nSPS) is 13.7. The van der Waals surface area contributed by atoms with Gasteiger partial charge in [-0.05, 0) is 49.7 Å². The summed E-state index contributed by atoms with van der Waals surface area (Å²) in [6.07, 6.45) is 0. The lowest BCUT2D eigenvalue weighted by Crippen LogP contribution is -2.22. The first-order valence-electron chi connectivity index (χ1n) is 6.89. The number of hydrogen-bond acceptors (Lipinski definition) is 3. The van der Waals surface area contributed by atoms with E-state index in [0.29, 0.717) is 5.75 Å². The molecule has 2 rings (SSSR count). The number of benzene rings is 2. The van der Waals surface area contributed by atoms with Crippen LogP contribution >= 0.6 is 0 Å². The average Bonchev–Trinajstić information content (AvgIpc) is 2.47. The molecule has 0 fully saturated rings. The molecule has 0 bridgehead atoms. The van der Waals surface area contributed by atoms with Crippen molar-refractivity contribution in [2.75, 3.05) is 7.11 Å². The van der Waals surface area contributed by atoms with Crippen LogP contribution in [0.2, 0.25) is 0 Å². The lowest BCUT2D eigenvalue weighted by molar-refractivity contribution is 0.404. The average molecular weight is 289 g/mol. The molecule has 2 aromatic carbocycles. The largest absolute Gasteiger partial charge is 0.508 e. The molecule has 1 unspecified atom stereocenters. The predicted octanol–water partition coefficient (Wildman–Crippen LogP) is 3.95. The molecular weight excluding hydrogens is 269 g/mol. The number of phenols is 1. The Kier molecular flexibility index (Phi) is 4.81. The Balaban J connectivity index is 2.15. The van der Waals surface area contributed by atoms with Gasteiger partial charge in [-0.15, -0.1) is 0 Å². The third-order valence-corrected chi connectivity index (χ3v) is 3.55. The van der Waals surface area contributed by atoms with Crippen LogP contribution in [0.5, 0.6) is 11.5 Å². The maximum absolute atomic E-state index is 13.3. The number of hydrogen-bond donors (Lipinski definition) is 2. The minimum atomic E-state index is -0.252. The number of ether oxygens (including phenoxy) is 1. The molecule has 4 heteroatoms. The van der Waals surface area contributed by atoms with Crippen molar-refractivity contribution in [1.29, 1.82) is 0 Å². The SMILES string of the molecule is COc1ccc(O)c(C(C)N[C@H](C)c2cccc(F)c2)c1. The van der Waals surface area contributed by atoms with Gasteiger partial charge in [-0.1, -0.05) is 12.1 Å². The van der Waals surface area contributed by atoms with Crippen molar-refractivity contribution >= 4 is 0 Å². The van der Waals surface area contributed by atoms with E-state index in [1.54, 1.807) is 31.4 Å². The van der Waals surface area contributed by atoms with Crippen LogP contribution in [0.25, 0.3) is 0 Å². The topological polar surface area (TPSA) is 41.5 Å². The van der Waals surface area contributed by atoms with Gasteiger partial charge in [0.15, 0.2) is 0 Å². The number of aromatic hydroxyl groups is 1. The Morgan fingerprint density at radius 3 is 2.52 bits per heavy atom. The summed E-state index contributed by atoms with van der Waals surface area (Å²) in [6.45, 7) is 3.91. The predicted molar refractivity (Wildman–Crippen MR) is 81.0 cm³/mol. The highest BCUT2D eigenvalue weighted by atomic mass is 19.1. The highest BCUT2D eigenvalue weighted by molar-refractivity contribution is 5.41. The summed E-state index contributed by atoms with van der Waals surface area (Å²) in [6, 6.07) is 11.5. The molecular formula is C17H20FNO2. The molecule has 3 nitrogen and oxygen atoms in total. The van der Waals surface area contributed by atoms with E-state index in [1.165, 1.54) is 12.1 Å². The molecule has 0 aliphatic rings. The number of phenolic OH excluding ortho intramolecular Hbond substituents is 1. The van der Waals surface area contributed by atoms with Crippen LogP contribution in [0.3, 0.4) is 0 Å². The van der Waals surface area contributed by atoms with Crippen molar-refractivity contribution < 1.29 is 14.2 Å². The molecule has 0 saturated heterocycles. The second-order valence-corrected chi connectivity index (χ2v) is 5.09. The zero-order valence-electron chi connectivity index (χ0n) is 12.4. The smallest absolute Gasteiger partial charge is 0.123 e. The molecule has 2 aromatic rings. The lowest BCUT2D eigenvalue weighted by atomic mass is 10.0. The third-order valence-electron chi connectivity index (χ3n) is 3.55. The number of nitrogens with one attached hydrogen (secondary N) is 1. The molecule has 0 saturated carbocycles. The van der Waals surface area contributed by atoms with Gasteiger partial charge in [0.25, 0.3) is 0 Å². The summed E-state index contributed by atoms with van der Waals surface area (Å²) < 4.78 is 18.4. The van der Waals surface area contributed by atoms with Crippen LogP contribution in [0, 0.1) is 5.82 Å². The van der Waals surface area contributed by atoms with Gasteiger partial charge in [-0.25, -0.2) is 4.39 Å². The van der Waals surface area contributed by atoms with Crippen molar-refractivity contribution in [3.05, 3.63) is 59.4 Å². The van der Waals surface area contributed by atoms with Gasteiger partial charge < -0.3 is 15.2 Å². The molecule has 2 atom stereocenters. The standard InChI is InChI=1S/C17H20FNO2/c1-11(13-5-4-6-14(18)9-13)19-12(2)16-10-15(21-3)7-8-17(16)20/h4-12,19-20H,1-3H3/t11-,12?/m1/s1. The maximum atomic E-state index is 13.3. The van der Waals surface area contributed by atoms with Gasteiger partial charge in [-0.3, -0.25) is 0 Å². The van der Waals surface area contributed by atoms with Crippen molar-refractivity contribution in [1.82, 2.24) is 5.32 Å². The van der Waals surface area contributed by atoms with Gasteiger partial charge >= 0.3 is 0 Å². The van der Waals surface area contributed by atoms with E-state index in [2.05, 4.69) is 5.32 Å². The Morgan fingerprint density at radius 2 is 1.86 bits per heavy atom. The molecule has 0 radical (unpaired) electrons. The maximum Gasteiger partial charge on any atom is 0.123 e. The molecule has 112 valence electrons. The first-order chi connectivity index (χ1) is 10.0. The zero-order valence-corrected chi connectivity index (χ0v) is 12.4. The van der Waals surface area contributed by atoms with Crippen molar-refractivity contribution in [3.8, 4) is 11.5 Å². The molecule has 0 aliphatic heterocycles. The minimum Gasteiger partial charge on any atom is -0.508 e. The van der Waals surface area contributed by atoms with Crippen LogP contribution in [-0.4, -0.2) is 12.2 Å². The molecule has 0 aliphatic carbocycles. The summed E-state index contributed by atoms with van der Waals surface area (Å²) in [5, 5.41) is 13.3. The van der Waals surface area contributed by atoms with E-state index < -0.39 is 0 Å². The van der Waals surface area contributed by atoms with Gasteiger partial charge in [-0.2, -0.15) is 0 Å².